The summed E-state index contributed by atoms with van der Waals surface area (Å²) < 4.78 is 0. The van der Waals surface area contributed by atoms with Crippen LogP contribution in [-0.2, 0) is 0 Å². The highest BCUT2D eigenvalue weighted by Crippen LogP contribution is 2.38. The first-order chi connectivity index (χ1) is 9.29. The Bertz CT molecular complexity index is 246. The summed E-state index contributed by atoms with van der Waals surface area (Å²) in [6.45, 7) is 4.09. The van der Waals surface area contributed by atoms with Gasteiger partial charge in [-0.25, -0.2) is 0 Å². The minimum atomic E-state index is 0.353. The molecule has 0 aromatic heterocycles. The Morgan fingerprint density at radius 3 is 2.68 bits per heavy atom. The van der Waals surface area contributed by atoms with E-state index < -0.39 is 0 Å². The average Bonchev–Trinajstić information content (AvgIpc) is 2.84. The highest BCUT2D eigenvalue weighted by molar-refractivity contribution is 4.91. The van der Waals surface area contributed by atoms with Crippen molar-refractivity contribution >= 4 is 0 Å². The lowest BCUT2D eigenvalue weighted by molar-refractivity contribution is 0.0917. The molecular formula is C16H32N2O. The molecule has 0 spiro atoms. The minimum Gasteiger partial charge on any atom is -0.396 e. The van der Waals surface area contributed by atoms with Gasteiger partial charge in [-0.15, -0.1) is 0 Å². The van der Waals surface area contributed by atoms with Gasteiger partial charge in [0.2, 0.25) is 0 Å². The molecule has 1 aliphatic carbocycles. The maximum atomic E-state index is 9.04. The van der Waals surface area contributed by atoms with E-state index in [0.29, 0.717) is 12.0 Å². The molecule has 2 N–H and O–H groups in total. The molecule has 1 heterocycles. The van der Waals surface area contributed by atoms with Crippen molar-refractivity contribution in [3.05, 3.63) is 0 Å². The first kappa shape index (κ1) is 15.3. The van der Waals surface area contributed by atoms with E-state index in [1.165, 1.54) is 71.0 Å². The topological polar surface area (TPSA) is 35.5 Å². The molecule has 2 rings (SSSR count). The second kappa shape index (κ2) is 7.61. The van der Waals surface area contributed by atoms with Crippen molar-refractivity contribution in [3.63, 3.8) is 0 Å². The fourth-order valence-corrected chi connectivity index (χ4v) is 4.26. The lowest BCUT2D eigenvalue weighted by atomic mass is 9.73. The van der Waals surface area contributed by atoms with Crippen LogP contribution in [0.4, 0.5) is 0 Å². The number of hydrogen-bond acceptors (Lipinski definition) is 3. The molecule has 0 radical (unpaired) electrons. The van der Waals surface area contributed by atoms with Gasteiger partial charge in [-0.3, -0.25) is 4.90 Å². The van der Waals surface area contributed by atoms with Gasteiger partial charge in [0.1, 0.15) is 0 Å². The maximum absolute atomic E-state index is 9.04. The largest absolute Gasteiger partial charge is 0.396 e. The zero-order chi connectivity index (χ0) is 13.6. The molecule has 1 saturated heterocycles. The minimum absolute atomic E-state index is 0.353. The van der Waals surface area contributed by atoms with E-state index in [1.54, 1.807) is 0 Å². The van der Waals surface area contributed by atoms with Gasteiger partial charge >= 0.3 is 0 Å². The van der Waals surface area contributed by atoms with Gasteiger partial charge in [0.25, 0.3) is 0 Å². The van der Waals surface area contributed by atoms with Gasteiger partial charge in [0.05, 0.1) is 0 Å². The molecule has 0 aromatic carbocycles. The van der Waals surface area contributed by atoms with Crippen LogP contribution in [0.25, 0.3) is 0 Å². The van der Waals surface area contributed by atoms with E-state index in [1.807, 2.05) is 0 Å². The molecule has 1 aliphatic heterocycles. The molecule has 1 atom stereocenters. The highest BCUT2D eigenvalue weighted by Gasteiger charge is 2.36. The quantitative estimate of drug-likeness (QED) is 0.744. The second-order valence-corrected chi connectivity index (χ2v) is 6.72. The van der Waals surface area contributed by atoms with Crippen LogP contribution in [0.3, 0.4) is 0 Å². The number of aliphatic hydroxyl groups excluding tert-OH is 1. The summed E-state index contributed by atoms with van der Waals surface area (Å²) in [6.07, 6.45) is 11.9. The molecule has 0 bridgehead atoms. The van der Waals surface area contributed by atoms with Crippen molar-refractivity contribution < 1.29 is 5.11 Å². The predicted octanol–water partition coefficient (Wildman–Crippen LogP) is 2.39. The van der Waals surface area contributed by atoms with Gasteiger partial charge in [0, 0.05) is 25.7 Å². The van der Waals surface area contributed by atoms with Crippen LogP contribution in [0.1, 0.15) is 57.8 Å². The van der Waals surface area contributed by atoms with E-state index in [2.05, 4.69) is 17.3 Å². The molecule has 2 aliphatic rings. The number of aliphatic hydroxyl groups is 1. The van der Waals surface area contributed by atoms with Crippen molar-refractivity contribution in [1.82, 2.24) is 10.2 Å². The number of hydrogen-bond donors (Lipinski definition) is 2. The Kier molecular flexibility index (Phi) is 6.11. The van der Waals surface area contributed by atoms with Crippen LogP contribution in [0, 0.1) is 5.41 Å². The maximum Gasteiger partial charge on any atom is 0.0431 e. The zero-order valence-electron chi connectivity index (χ0n) is 12.7. The highest BCUT2D eigenvalue weighted by atomic mass is 16.2. The zero-order valence-corrected chi connectivity index (χ0v) is 12.7. The smallest absolute Gasteiger partial charge is 0.0431 e. The van der Waals surface area contributed by atoms with Gasteiger partial charge in [-0.2, -0.15) is 0 Å². The van der Waals surface area contributed by atoms with Crippen molar-refractivity contribution in [3.8, 4) is 0 Å². The summed E-state index contributed by atoms with van der Waals surface area (Å²) in [7, 11) is 2.10. The predicted molar refractivity (Wildman–Crippen MR) is 80.4 cm³/mol. The van der Waals surface area contributed by atoms with Gasteiger partial charge in [0.15, 0.2) is 0 Å². The summed E-state index contributed by atoms with van der Waals surface area (Å²) in [5.74, 6) is 0. The van der Waals surface area contributed by atoms with Crippen LogP contribution in [0.2, 0.25) is 0 Å². The first-order valence-corrected chi connectivity index (χ1v) is 8.29. The molecule has 0 aromatic rings. The van der Waals surface area contributed by atoms with Crippen molar-refractivity contribution in [1.29, 1.82) is 0 Å². The number of nitrogens with one attached hydrogen (secondary N) is 1. The SMILES string of the molecule is CNCC1(CN2CCCC2CCCO)CCCCC1. The number of rotatable bonds is 7. The summed E-state index contributed by atoms with van der Waals surface area (Å²) >= 11 is 0. The van der Waals surface area contributed by atoms with E-state index in [-0.39, 0.29) is 0 Å². The fourth-order valence-electron chi connectivity index (χ4n) is 4.26. The molecule has 3 heteroatoms. The lowest BCUT2D eigenvalue weighted by Gasteiger charge is -2.42. The lowest BCUT2D eigenvalue weighted by Crippen LogP contribution is -2.46. The molecule has 3 nitrogen and oxygen atoms in total. The number of nitrogens with zero attached hydrogens (tertiary/aromatic N) is 1. The average molecular weight is 268 g/mol. The molecule has 112 valence electrons. The molecule has 2 fully saturated rings. The van der Waals surface area contributed by atoms with Crippen LogP contribution in [-0.4, -0.2) is 49.3 Å². The Morgan fingerprint density at radius 2 is 2.00 bits per heavy atom. The first-order valence-electron chi connectivity index (χ1n) is 8.29. The Balaban J connectivity index is 1.91. The van der Waals surface area contributed by atoms with E-state index in [4.69, 9.17) is 5.11 Å². The molecule has 1 unspecified atom stereocenters. The Hall–Kier alpha value is -0.120. The number of likely N-dealkylation sites (tertiary alicyclic amines) is 1. The third kappa shape index (κ3) is 4.17. The molecule has 0 amide bonds. The normalized spacial score (nSPS) is 27.8. The monoisotopic (exact) mass is 268 g/mol. The second-order valence-electron chi connectivity index (χ2n) is 6.72. The third-order valence-electron chi connectivity index (χ3n) is 5.20. The molecule has 19 heavy (non-hydrogen) atoms. The van der Waals surface area contributed by atoms with Crippen LogP contribution in [0.5, 0.6) is 0 Å². The Labute approximate surface area is 118 Å². The summed E-state index contributed by atoms with van der Waals surface area (Å²) in [4.78, 5) is 2.73. The fraction of sp³-hybridized carbons (Fsp3) is 1.00. The summed E-state index contributed by atoms with van der Waals surface area (Å²) in [6, 6.07) is 0.739. The van der Waals surface area contributed by atoms with Crippen molar-refractivity contribution in [2.75, 3.05) is 33.3 Å². The Morgan fingerprint density at radius 1 is 1.21 bits per heavy atom. The molecule has 1 saturated carbocycles. The third-order valence-corrected chi connectivity index (χ3v) is 5.20. The van der Waals surface area contributed by atoms with Crippen LogP contribution >= 0.6 is 0 Å². The van der Waals surface area contributed by atoms with Gasteiger partial charge in [-0.1, -0.05) is 19.3 Å². The van der Waals surface area contributed by atoms with Crippen molar-refractivity contribution in [2.45, 2.75) is 63.8 Å². The van der Waals surface area contributed by atoms with Gasteiger partial charge < -0.3 is 10.4 Å². The van der Waals surface area contributed by atoms with E-state index in [9.17, 15) is 0 Å². The van der Waals surface area contributed by atoms with E-state index >= 15 is 0 Å². The van der Waals surface area contributed by atoms with E-state index in [0.717, 1.165) is 12.5 Å². The molecular weight excluding hydrogens is 236 g/mol. The van der Waals surface area contributed by atoms with Crippen LogP contribution in [0.15, 0.2) is 0 Å². The standard InChI is InChI=1S/C16H32N2O/c1-17-13-16(9-3-2-4-10-16)14-18-11-5-7-15(18)8-6-12-19/h15,17,19H,2-14H2,1H3. The summed E-state index contributed by atoms with van der Waals surface area (Å²) in [5, 5.41) is 12.5. The van der Waals surface area contributed by atoms with Gasteiger partial charge in [-0.05, 0) is 57.5 Å². The van der Waals surface area contributed by atoms with Crippen LogP contribution < -0.4 is 5.32 Å². The summed E-state index contributed by atoms with van der Waals surface area (Å²) in [5.41, 5.74) is 0.523. The van der Waals surface area contributed by atoms with Crippen molar-refractivity contribution in [2.24, 2.45) is 5.41 Å².